The molecule has 8 heteroatoms. The van der Waals surface area contributed by atoms with Gasteiger partial charge in [0, 0.05) is 11.5 Å². The first-order chi connectivity index (χ1) is 15.7. The number of hydrogen-bond acceptors (Lipinski definition) is 4. The zero-order valence-electron chi connectivity index (χ0n) is 20.7. The van der Waals surface area contributed by atoms with Gasteiger partial charge in [0.2, 0.25) is 15.3 Å². The molecule has 0 saturated heterocycles. The molecule has 0 heterocycles. The Labute approximate surface area is 204 Å². The summed E-state index contributed by atoms with van der Waals surface area (Å²) in [5.74, 6) is -0.406. The van der Waals surface area contributed by atoms with Crippen molar-refractivity contribution in [2.45, 2.75) is 92.5 Å². The molecule has 188 valence electrons. The van der Waals surface area contributed by atoms with E-state index >= 15 is 4.39 Å². The number of sulfone groups is 1. The SMILES string of the molecule is CC(C)(C)[Si](C)(C)OC1CCC(c2ccc(F)cc2)(C(N)C(F)S(=O)(=O)c2ccccc2)CC1. The molecule has 1 aliphatic carbocycles. The van der Waals surface area contributed by atoms with Crippen LogP contribution in [0.3, 0.4) is 0 Å². The molecule has 0 aromatic heterocycles. The zero-order chi connectivity index (χ0) is 25.4. The van der Waals surface area contributed by atoms with E-state index in [0.717, 1.165) is 0 Å². The lowest BCUT2D eigenvalue weighted by Gasteiger charge is -2.47. The largest absolute Gasteiger partial charge is 0.414 e. The summed E-state index contributed by atoms with van der Waals surface area (Å²) in [5.41, 5.74) is 3.91. The van der Waals surface area contributed by atoms with Crippen LogP contribution in [-0.2, 0) is 19.7 Å². The van der Waals surface area contributed by atoms with E-state index in [1.54, 1.807) is 30.3 Å². The van der Waals surface area contributed by atoms with Crippen molar-refractivity contribution in [1.29, 1.82) is 0 Å². The van der Waals surface area contributed by atoms with E-state index in [2.05, 4.69) is 33.9 Å². The van der Waals surface area contributed by atoms with Crippen LogP contribution in [0.15, 0.2) is 59.5 Å². The third kappa shape index (κ3) is 5.30. The number of benzene rings is 2. The molecule has 1 aliphatic rings. The molecule has 2 atom stereocenters. The Hall–Kier alpha value is -1.61. The Balaban J connectivity index is 1.92. The van der Waals surface area contributed by atoms with Crippen molar-refractivity contribution < 1.29 is 21.6 Å². The van der Waals surface area contributed by atoms with Crippen LogP contribution in [-0.4, -0.2) is 34.4 Å². The van der Waals surface area contributed by atoms with E-state index in [4.69, 9.17) is 10.2 Å². The molecule has 1 saturated carbocycles. The molecular weight excluding hydrogens is 472 g/mol. The van der Waals surface area contributed by atoms with E-state index in [1.807, 2.05) is 0 Å². The maximum Gasteiger partial charge on any atom is 0.221 e. The standard InChI is InChI=1S/C26H37F2NO3SSi/c1-25(2,3)34(4,5)32-21-15-17-26(18-16-21,19-11-13-20(27)14-12-19)23(29)24(28)33(30,31)22-9-7-6-8-10-22/h6-14,21,23-24H,15-18,29H2,1-5H3. The van der Waals surface area contributed by atoms with Gasteiger partial charge in [-0.25, -0.2) is 17.2 Å². The van der Waals surface area contributed by atoms with Gasteiger partial charge in [0.1, 0.15) is 5.82 Å². The summed E-state index contributed by atoms with van der Waals surface area (Å²) in [6.07, 6.45) is 2.20. The summed E-state index contributed by atoms with van der Waals surface area (Å²) >= 11 is 0. The summed E-state index contributed by atoms with van der Waals surface area (Å²) in [4.78, 5) is -0.0952. The van der Waals surface area contributed by atoms with Crippen LogP contribution in [0.2, 0.25) is 18.1 Å². The Morgan fingerprint density at radius 3 is 2.06 bits per heavy atom. The molecule has 34 heavy (non-hydrogen) atoms. The third-order valence-electron chi connectivity index (χ3n) is 7.80. The van der Waals surface area contributed by atoms with Crippen LogP contribution in [0.5, 0.6) is 0 Å². The second-order valence-electron chi connectivity index (χ2n) is 11.0. The van der Waals surface area contributed by atoms with Crippen molar-refractivity contribution in [3.05, 3.63) is 66.0 Å². The minimum Gasteiger partial charge on any atom is -0.414 e. The maximum atomic E-state index is 15.8. The topological polar surface area (TPSA) is 69.4 Å². The molecule has 0 aliphatic heterocycles. The third-order valence-corrected chi connectivity index (χ3v) is 14.2. The van der Waals surface area contributed by atoms with Gasteiger partial charge in [-0.15, -0.1) is 0 Å². The molecule has 0 amide bonds. The molecular formula is C26H37F2NO3SSi. The van der Waals surface area contributed by atoms with Gasteiger partial charge in [0.05, 0.1) is 10.9 Å². The Kier molecular flexibility index (Phi) is 7.78. The van der Waals surface area contributed by atoms with E-state index in [-0.39, 0.29) is 16.0 Å². The number of nitrogens with two attached hydrogens (primary N) is 1. The highest BCUT2D eigenvalue weighted by molar-refractivity contribution is 7.92. The quantitative estimate of drug-likeness (QED) is 0.456. The molecule has 0 radical (unpaired) electrons. The van der Waals surface area contributed by atoms with Gasteiger partial charge >= 0.3 is 0 Å². The molecule has 0 bridgehead atoms. The first-order valence-corrected chi connectivity index (χ1v) is 16.3. The van der Waals surface area contributed by atoms with Gasteiger partial charge in [-0.3, -0.25) is 0 Å². The first kappa shape index (κ1) is 27.0. The molecule has 4 nitrogen and oxygen atoms in total. The summed E-state index contributed by atoms with van der Waals surface area (Å²) in [7, 11) is -6.29. The number of rotatable bonds is 7. The highest BCUT2D eigenvalue weighted by Gasteiger charge is 2.50. The predicted octanol–water partition coefficient (Wildman–Crippen LogP) is 6.12. The Bertz CT molecular complexity index is 1060. The smallest absolute Gasteiger partial charge is 0.221 e. The van der Waals surface area contributed by atoms with E-state index in [0.29, 0.717) is 31.2 Å². The summed E-state index contributed by atoms with van der Waals surface area (Å²) in [5, 5.41) is 0.0582. The second kappa shape index (κ2) is 9.80. The highest BCUT2D eigenvalue weighted by atomic mass is 32.2. The fraction of sp³-hybridized carbons (Fsp3) is 0.538. The monoisotopic (exact) mass is 509 g/mol. The molecule has 2 unspecified atom stereocenters. The molecule has 2 N–H and O–H groups in total. The lowest BCUT2D eigenvalue weighted by molar-refractivity contribution is 0.0845. The van der Waals surface area contributed by atoms with Crippen molar-refractivity contribution in [1.82, 2.24) is 0 Å². The zero-order valence-corrected chi connectivity index (χ0v) is 22.5. The van der Waals surface area contributed by atoms with Gasteiger partial charge in [-0.2, -0.15) is 0 Å². The van der Waals surface area contributed by atoms with Crippen LogP contribution >= 0.6 is 0 Å². The second-order valence-corrected chi connectivity index (χ2v) is 17.7. The number of halogens is 2. The number of alkyl halides is 1. The molecule has 2 aromatic rings. The van der Waals surface area contributed by atoms with Crippen LogP contribution < -0.4 is 5.73 Å². The lowest BCUT2D eigenvalue weighted by atomic mass is 9.64. The Morgan fingerprint density at radius 1 is 1.03 bits per heavy atom. The summed E-state index contributed by atoms with van der Waals surface area (Å²) in [6, 6.07) is 12.1. The van der Waals surface area contributed by atoms with E-state index in [9.17, 15) is 12.8 Å². The van der Waals surface area contributed by atoms with Crippen LogP contribution in [0.1, 0.15) is 52.0 Å². The van der Waals surface area contributed by atoms with Gasteiger partial charge in [-0.1, -0.05) is 51.1 Å². The van der Waals surface area contributed by atoms with Gasteiger partial charge in [-0.05, 0) is 73.6 Å². The van der Waals surface area contributed by atoms with Gasteiger partial charge in [0.25, 0.3) is 0 Å². The van der Waals surface area contributed by atoms with Crippen LogP contribution in [0.4, 0.5) is 8.78 Å². The van der Waals surface area contributed by atoms with Crippen molar-refractivity contribution in [3.63, 3.8) is 0 Å². The van der Waals surface area contributed by atoms with Crippen LogP contribution in [0.25, 0.3) is 0 Å². The molecule has 2 aromatic carbocycles. The fourth-order valence-electron chi connectivity index (χ4n) is 4.60. The van der Waals surface area contributed by atoms with Gasteiger partial charge < -0.3 is 10.2 Å². The molecule has 3 rings (SSSR count). The number of hydrogen-bond donors (Lipinski definition) is 1. The van der Waals surface area contributed by atoms with Crippen molar-refractivity contribution in [2.75, 3.05) is 0 Å². The lowest BCUT2D eigenvalue weighted by Crippen LogP contribution is -2.56. The van der Waals surface area contributed by atoms with Crippen LogP contribution in [0, 0.1) is 5.82 Å². The highest BCUT2D eigenvalue weighted by Crippen LogP contribution is 2.47. The Morgan fingerprint density at radius 2 is 1.56 bits per heavy atom. The summed E-state index contributed by atoms with van der Waals surface area (Å²) in [6.45, 7) is 10.9. The minimum absolute atomic E-state index is 0.00505. The van der Waals surface area contributed by atoms with Crippen molar-refractivity contribution >= 4 is 18.2 Å². The summed E-state index contributed by atoms with van der Waals surface area (Å²) < 4.78 is 62.2. The van der Waals surface area contributed by atoms with Crippen molar-refractivity contribution in [2.24, 2.45) is 5.73 Å². The molecule has 1 fully saturated rings. The maximum absolute atomic E-state index is 15.8. The van der Waals surface area contributed by atoms with E-state index in [1.165, 1.54) is 24.3 Å². The minimum atomic E-state index is -4.29. The average Bonchev–Trinajstić information content (AvgIpc) is 2.79. The average molecular weight is 510 g/mol. The van der Waals surface area contributed by atoms with Gasteiger partial charge in [0.15, 0.2) is 8.32 Å². The predicted molar refractivity (Wildman–Crippen MR) is 135 cm³/mol. The van der Waals surface area contributed by atoms with Crippen molar-refractivity contribution in [3.8, 4) is 0 Å². The first-order valence-electron chi connectivity index (χ1n) is 11.8. The van der Waals surface area contributed by atoms with E-state index < -0.39 is 40.9 Å². The fourth-order valence-corrected chi connectivity index (χ4v) is 7.46. The molecule has 0 spiro atoms. The normalized spacial score (nSPS) is 23.9.